The first-order valence-electron chi connectivity index (χ1n) is 9.11. The molecule has 0 bridgehead atoms. The quantitative estimate of drug-likeness (QED) is 0.269. The largest absolute Gasteiger partial charge is 0.509 e. The number of carbonyl (C=O) groups is 1. The van der Waals surface area contributed by atoms with Crippen molar-refractivity contribution in [3.05, 3.63) is 46.3 Å². The minimum absolute atomic E-state index is 0.119. The molecule has 0 fully saturated rings. The van der Waals surface area contributed by atoms with Crippen LogP contribution in [0.1, 0.15) is 31.2 Å². The molecule has 2 rings (SSSR count). The fourth-order valence-corrected chi connectivity index (χ4v) is 3.40. The van der Waals surface area contributed by atoms with Gasteiger partial charge in [-0.25, -0.2) is 14.8 Å². The number of anilines is 1. The Balaban J connectivity index is 2.07. The Morgan fingerprint density at radius 3 is 2.79 bits per heavy atom. The van der Waals surface area contributed by atoms with Gasteiger partial charge in [-0.2, -0.15) is 0 Å². The zero-order valence-electron chi connectivity index (χ0n) is 17.1. The number of aliphatic hydroxyl groups is 1. The van der Waals surface area contributed by atoms with Crippen LogP contribution in [0.3, 0.4) is 0 Å². The van der Waals surface area contributed by atoms with Crippen molar-refractivity contribution in [2.45, 2.75) is 44.7 Å². The number of aromatic nitrogens is 2. The SMILES string of the molecule is CSc1ncc(CO)c(N(CC=CCOC(=O)OC(C)(C)C)Cc2cccs2)n1. The predicted octanol–water partition coefficient (Wildman–Crippen LogP) is 4.27. The summed E-state index contributed by atoms with van der Waals surface area (Å²) in [6.07, 6.45) is 6.54. The van der Waals surface area contributed by atoms with Gasteiger partial charge in [0.25, 0.3) is 0 Å². The molecule has 2 heterocycles. The van der Waals surface area contributed by atoms with Crippen LogP contribution in [0.2, 0.25) is 0 Å². The van der Waals surface area contributed by atoms with E-state index >= 15 is 0 Å². The van der Waals surface area contributed by atoms with E-state index in [0.29, 0.717) is 29.6 Å². The van der Waals surface area contributed by atoms with Crippen molar-refractivity contribution in [1.29, 1.82) is 0 Å². The highest BCUT2D eigenvalue weighted by Gasteiger charge is 2.17. The maximum atomic E-state index is 11.6. The number of hydrogen-bond donors (Lipinski definition) is 1. The average Bonchev–Trinajstić information content (AvgIpc) is 3.18. The molecule has 0 unspecified atom stereocenters. The number of ether oxygens (including phenoxy) is 2. The second-order valence-electron chi connectivity index (χ2n) is 7.07. The van der Waals surface area contributed by atoms with Crippen molar-refractivity contribution >= 4 is 35.1 Å². The molecule has 0 spiro atoms. The van der Waals surface area contributed by atoms with Crippen molar-refractivity contribution < 1.29 is 19.4 Å². The summed E-state index contributed by atoms with van der Waals surface area (Å²) in [6, 6.07) is 4.06. The van der Waals surface area contributed by atoms with Gasteiger partial charge in [-0.3, -0.25) is 0 Å². The van der Waals surface area contributed by atoms with Gasteiger partial charge in [0, 0.05) is 23.2 Å². The molecule has 29 heavy (non-hydrogen) atoms. The third kappa shape index (κ3) is 8.04. The van der Waals surface area contributed by atoms with Gasteiger partial charge in [0.05, 0.1) is 13.2 Å². The maximum absolute atomic E-state index is 11.6. The van der Waals surface area contributed by atoms with E-state index in [1.54, 1.807) is 44.4 Å². The van der Waals surface area contributed by atoms with Crippen LogP contribution in [-0.2, 0) is 22.6 Å². The number of rotatable bonds is 9. The normalized spacial score (nSPS) is 11.6. The van der Waals surface area contributed by atoms with E-state index in [2.05, 4.69) is 20.9 Å². The fourth-order valence-electron chi connectivity index (χ4n) is 2.35. The van der Waals surface area contributed by atoms with E-state index in [1.807, 2.05) is 23.8 Å². The minimum Gasteiger partial charge on any atom is -0.430 e. The molecule has 0 saturated heterocycles. The van der Waals surface area contributed by atoms with Crippen molar-refractivity contribution in [3.8, 4) is 0 Å². The van der Waals surface area contributed by atoms with Crippen LogP contribution in [0, 0.1) is 0 Å². The van der Waals surface area contributed by atoms with E-state index in [0.717, 1.165) is 0 Å². The molecule has 2 aromatic rings. The van der Waals surface area contributed by atoms with Crippen molar-refractivity contribution in [2.75, 3.05) is 24.3 Å². The molecule has 1 N–H and O–H groups in total. The first-order valence-corrected chi connectivity index (χ1v) is 11.2. The van der Waals surface area contributed by atoms with Crippen LogP contribution in [0.4, 0.5) is 10.6 Å². The molecule has 0 aromatic carbocycles. The summed E-state index contributed by atoms with van der Waals surface area (Å²) in [5, 5.41) is 12.4. The Bertz CT molecular complexity index is 805. The van der Waals surface area contributed by atoms with Gasteiger partial charge in [-0.1, -0.05) is 23.9 Å². The number of nitrogens with zero attached hydrogens (tertiary/aromatic N) is 3. The third-order valence-corrected chi connectivity index (χ3v) is 5.00. The lowest BCUT2D eigenvalue weighted by atomic mass is 10.2. The van der Waals surface area contributed by atoms with E-state index in [-0.39, 0.29) is 13.2 Å². The van der Waals surface area contributed by atoms with Crippen molar-refractivity contribution in [1.82, 2.24) is 9.97 Å². The number of hydrogen-bond acceptors (Lipinski definition) is 9. The highest BCUT2D eigenvalue weighted by atomic mass is 32.2. The molecule has 0 saturated carbocycles. The monoisotopic (exact) mass is 437 g/mol. The van der Waals surface area contributed by atoms with Crippen LogP contribution < -0.4 is 4.90 Å². The summed E-state index contributed by atoms with van der Waals surface area (Å²) in [6.45, 7) is 6.52. The summed E-state index contributed by atoms with van der Waals surface area (Å²) < 4.78 is 10.2. The Morgan fingerprint density at radius 1 is 1.38 bits per heavy atom. The fraction of sp³-hybridized carbons (Fsp3) is 0.450. The number of aliphatic hydroxyl groups excluding tert-OH is 1. The lowest BCUT2D eigenvalue weighted by Gasteiger charge is -2.24. The maximum Gasteiger partial charge on any atom is 0.509 e. The van der Waals surface area contributed by atoms with Gasteiger partial charge in [0.15, 0.2) is 5.16 Å². The van der Waals surface area contributed by atoms with Crippen LogP contribution in [-0.4, -0.2) is 46.2 Å². The van der Waals surface area contributed by atoms with Crippen LogP contribution in [0.25, 0.3) is 0 Å². The lowest BCUT2D eigenvalue weighted by molar-refractivity contribution is -0.00242. The third-order valence-electron chi connectivity index (χ3n) is 3.58. The highest BCUT2D eigenvalue weighted by Crippen LogP contribution is 2.24. The molecule has 0 radical (unpaired) electrons. The van der Waals surface area contributed by atoms with Gasteiger partial charge in [-0.05, 0) is 44.5 Å². The Hall–Kier alpha value is -2.10. The summed E-state index contributed by atoms with van der Waals surface area (Å²) in [4.78, 5) is 23.7. The van der Waals surface area contributed by atoms with Gasteiger partial charge in [0.2, 0.25) is 0 Å². The zero-order valence-corrected chi connectivity index (χ0v) is 18.8. The second kappa shape index (κ2) is 11.2. The number of carbonyl (C=O) groups excluding carboxylic acids is 1. The molecular weight excluding hydrogens is 410 g/mol. The molecule has 0 aliphatic heterocycles. The Labute approximate surface area is 179 Å². The first kappa shape index (κ1) is 23.2. The number of thiophene rings is 1. The first-order chi connectivity index (χ1) is 13.8. The standard InChI is InChI=1S/C20H27N3O4S2/c1-20(2,3)27-19(25)26-10-6-5-9-23(13-16-8-7-11-29-16)17-15(14-24)12-21-18(22-17)28-4/h5-8,11-12,24H,9-10,13-14H2,1-4H3. The summed E-state index contributed by atoms with van der Waals surface area (Å²) in [5.74, 6) is 0.693. The molecule has 158 valence electrons. The van der Waals surface area contributed by atoms with Crippen LogP contribution in [0.5, 0.6) is 0 Å². The molecule has 0 aliphatic carbocycles. The van der Waals surface area contributed by atoms with Crippen molar-refractivity contribution in [2.24, 2.45) is 0 Å². The summed E-state index contributed by atoms with van der Waals surface area (Å²) >= 11 is 3.11. The minimum atomic E-state index is -0.694. The van der Waals surface area contributed by atoms with Gasteiger partial charge >= 0.3 is 6.16 Å². The second-order valence-corrected chi connectivity index (χ2v) is 8.88. The van der Waals surface area contributed by atoms with Gasteiger partial charge in [0.1, 0.15) is 18.0 Å². The molecule has 0 amide bonds. The summed E-state index contributed by atoms with van der Waals surface area (Å²) in [7, 11) is 0. The van der Waals surface area contributed by atoms with Gasteiger partial charge in [-0.15, -0.1) is 11.3 Å². The molecule has 9 heteroatoms. The van der Waals surface area contributed by atoms with Gasteiger partial charge < -0.3 is 19.5 Å². The van der Waals surface area contributed by atoms with E-state index in [4.69, 9.17) is 9.47 Å². The van der Waals surface area contributed by atoms with Crippen molar-refractivity contribution in [3.63, 3.8) is 0 Å². The molecule has 0 aliphatic rings. The van der Waals surface area contributed by atoms with Crippen LogP contribution >= 0.6 is 23.1 Å². The zero-order chi connectivity index (χ0) is 21.3. The lowest BCUT2D eigenvalue weighted by Crippen LogP contribution is -2.25. The van der Waals surface area contributed by atoms with Crippen LogP contribution in [0.15, 0.2) is 41.0 Å². The van der Waals surface area contributed by atoms with E-state index in [1.165, 1.54) is 16.6 Å². The Morgan fingerprint density at radius 2 is 2.17 bits per heavy atom. The smallest absolute Gasteiger partial charge is 0.430 e. The molecule has 2 aromatic heterocycles. The summed E-state index contributed by atoms with van der Waals surface area (Å²) in [5.41, 5.74) is 0.0823. The van der Waals surface area contributed by atoms with E-state index in [9.17, 15) is 9.90 Å². The average molecular weight is 438 g/mol. The Kier molecular flexibility index (Phi) is 8.94. The topological polar surface area (TPSA) is 84.8 Å². The molecule has 7 nitrogen and oxygen atoms in total. The van der Waals surface area contributed by atoms with E-state index < -0.39 is 11.8 Å². The molecule has 0 atom stereocenters. The predicted molar refractivity (Wildman–Crippen MR) is 116 cm³/mol. The highest BCUT2D eigenvalue weighted by molar-refractivity contribution is 7.98. The molecular formula is C20H27N3O4S2. The number of thioether (sulfide) groups is 1.